The lowest BCUT2D eigenvalue weighted by Gasteiger charge is -2.19. The van der Waals surface area contributed by atoms with Gasteiger partial charge in [0.05, 0.1) is 12.2 Å². The molecule has 1 aliphatic rings. The molecule has 0 atom stereocenters. The molecule has 1 aromatic heterocycles. The number of aromatic nitrogens is 1. The molecule has 1 fully saturated rings. The van der Waals surface area contributed by atoms with Gasteiger partial charge in [-0.15, -0.1) is 17.9 Å². The van der Waals surface area contributed by atoms with E-state index in [0.29, 0.717) is 19.7 Å². The number of rotatable bonds is 8. The van der Waals surface area contributed by atoms with Crippen LogP contribution in [0.15, 0.2) is 36.2 Å². The van der Waals surface area contributed by atoms with Gasteiger partial charge in [0, 0.05) is 17.8 Å². The zero-order chi connectivity index (χ0) is 17.8. The van der Waals surface area contributed by atoms with Crippen LogP contribution in [0, 0.1) is 19.8 Å². The molecule has 1 saturated carbocycles. The van der Waals surface area contributed by atoms with Crippen LogP contribution >= 0.6 is 11.3 Å². The first-order chi connectivity index (χ1) is 12.1. The van der Waals surface area contributed by atoms with E-state index in [4.69, 9.17) is 4.74 Å². The maximum atomic E-state index is 12.3. The maximum absolute atomic E-state index is 12.3. The van der Waals surface area contributed by atoms with Gasteiger partial charge in [-0.1, -0.05) is 18.2 Å². The van der Waals surface area contributed by atoms with Crippen LogP contribution in [0.25, 0.3) is 0 Å². The summed E-state index contributed by atoms with van der Waals surface area (Å²) in [5, 5.41) is 2.94. The predicted octanol–water partition coefficient (Wildman–Crippen LogP) is 4.26. The Morgan fingerprint density at radius 1 is 1.44 bits per heavy atom. The molecule has 2 aromatic rings. The summed E-state index contributed by atoms with van der Waals surface area (Å²) in [6, 6.07) is 6.06. The number of ether oxygens (including phenoxy) is 1. The Kier molecular flexibility index (Phi) is 5.53. The van der Waals surface area contributed by atoms with Gasteiger partial charge in [-0.3, -0.25) is 4.79 Å². The minimum atomic E-state index is 0.214. The minimum absolute atomic E-state index is 0.214. The Bertz CT molecular complexity index is 765. The first-order valence-electron chi connectivity index (χ1n) is 8.60. The highest BCUT2D eigenvalue weighted by Crippen LogP contribution is 2.31. The second-order valence-corrected chi connectivity index (χ2v) is 7.44. The second-order valence-electron chi connectivity index (χ2n) is 6.50. The third-order valence-corrected chi connectivity index (χ3v) is 5.32. The molecule has 1 heterocycles. The van der Waals surface area contributed by atoms with Gasteiger partial charge >= 0.3 is 0 Å². The first-order valence-corrected chi connectivity index (χ1v) is 9.48. The highest BCUT2D eigenvalue weighted by Gasteiger charge is 2.33. The third kappa shape index (κ3) is 4.48. The SMILES string of the molecule is C=CCN(Cc1csc(COc2cccc(C)c2C)n1)C(=O)C1CC1. The normalized spacial score (nSPS) is 13.5. The van der Waals surface area contributed by atoms with E-state index in [0.717, 1.165) is 34.9 Å². The summed E-state index contributed by atoms with van der Waals surface area (Å²) < 4.78 is 5.92. The summed E-state index contributed by atoms with van der Waals surface area (Å²) in [6.07, 6.45) is 3.80. The van der Waals surface area contributed by atoms with Gasteiger partial charge in [0.15, 0.2) is 0 Å². The molecule has 1 aromatic carbocycles. The molecule has 132 valence electrons. The van der Waals surface area contributed by atoms with Gasteiger partial charge in [0.25, 0.3) is 0 Å². The van der Waals surface area contributed by atoms with Crippen LogP contribution in [0.5, 0.6) is 5.75 Å². The molecule has 0 saturated heterocycles. The van der Waals surface area contributed by atoms with E-state index in [2.05, 4.69) is 31.5 Å². The fourth-order valence-corrected chi connectivity index (χ4v) is 3.38. The summed E-state index contributed by atoms with van der Waals surface area (Å²) in [5.74, 6) is 1.33. The van der Waals surface area contributed by atoms with Crippen molar-refractivity contribution in [1.82, 2.24) is 9.88 Å². The van der Waals surface area contributed by atoms with Gasteiger partial charge in [-0.25, -0.2) is 4.98 Å². The summed E-state index contributed by atoms with van der Waals surface area (Å²) in [7, 11) is 0. The molecule has 0 N–H and O–H groups in total. The molecule has 0 spiro atoms. The molecular weight excluding hydrogens is 332 g/mol. The molecule has 0 aliphatic heterocycles. The number of benzene rings is 1. The lowest BCUT2D eigenvalue weighted by molar-refractivity contribution is -0.132. The Hall–Kier alpha value is -2.14. The number of thiazole rings is 1. The first kappa shape index (κ1) is 17.7. The van der Waals surface area contributed by atoms with Crippen molar-refractivity contribution in [2.75, 3.05) is 6.54 Å². The summed E-state index contributed by atoms with van der Waals surface area (Å²) in [6.45, 7) is 9.46. The van der Waals surface area contributed by atoms with Crippen molar-refractivity contribution in [3.8, 4) is 5.75 Å². The highest BCUT2D eigenvalue weighted by molar-refractivity contribution is 7.09. The molecule has 1 aliphatic carbocycles. The number of aryl methyl sites for hydroxylation is 1. The molecular formula is C20H24N2O2S. The molecule has 0 bridgehead atoms. The molecule has 25 heavy (non-hydrogen) atoms. The number of nitrogens with zero attached hydrogens (tertiary/aromatic N) is 2. The molecule has 5 heteroatoms. The maximum Gasteiger partial charge on any atom is 0.226 e. The monoisotopic (exact) mass is 356 g/mol. The highest BCUT2D eigenvalue weighted by atomic mass is 32.1. The minimum Gasteiger partial charge on any atom is -0.486 e. The predicted molar refractivity (Wildman–Crippen MR) is 101 cm³/mol. The topological polar surface area (TPSA) is 42.4 Å². The molecule has 3 rings (SSSR count). The van der Waals surface area contributed by atoms with Crippen molar-refractivity contribution in [3.05, 3.63) is 58.1 Å². The fraction of sp³-hybridized carbons (Fsp3) is 0.400. The van der Waals surface area contributed by atoms with Crippen LogP contribution in [-0.2, 0) is 17.9 Å². The number of carbonyl (C=O) groups excluding carboxylic acids is 1. The van der Waals surface area contributed by atoms with Crippen molar-refractivity contribution >= 4 is 17.2 Å². The van der Waals surface area contributed by atoms with E-state index in [-0.39, 0.29) is 11.8 Å². The van der Waals surface area contributed by atoms with Crippen molar-refractivity contribution in [2.45, 2.75) is 39.8 Å². The summed E-state index contributed by atoms with van der Waals surface area (Å²) in [5.41, 5.74) is 3.29. The van der Waals surface area contributed by atoms with Gasteiger partial charge in [-0.2, -0.15) is 0 Å². The largest absolute Gasteiger partial charge is 0.486 e. The van der Waals surface area contributed by atoms with Crippen molar-refractivity contribution < 1.29 is 9.53 Å². The van der Waals surface area contributed by atoms with E-state index in [1.165, 1.54) is 5.56 Å². The smallest absolute Gasteiger partial charge is 0.226 e. The molecule has 1 amide bonds. The van der Waals surface area contributed by atoms with Crippen molar-refractivity contribution in [3.63, 3.8) is 0 Å². The Labute approximate surface area is 153 Å². The van der Waals surface area contributed by atoms with Gasteiger partial charge in [0.2, 0.25) is 5.91 Å². The van der Waals surface area contributed by atoms with Gasteiger partial charge in [0.1, 0.15) is 17.4 Å². The van der Waals surface area contributed by atoms with E-state index in [9.17, 15) is 4.79 Å². The van der Waals surface area contributed by atoms with Gasteiger partial charge in [-0.05, 0) is 43.9 Å². The quantitative estimate of drug-likeness (QED) is 0.664. The Balaban J connectivity index is 1.60. The van der Waals surface area contributed by atoms with E-state index < -0.39 is 0 Å². The average Bonchev–Trinajstić information content (AvgIpc) is 3.36. The van der Waals surface area contributed by atoms with Crippen molar-refractivity contribution in [2.24, 2.45) is 5.92 Å². The third-order valence-electron chi connectivity index (χ3n) is 4.45. The van der Waals surface area contributed by atoms with Gasteiger partial charge < -0.3 is 9.64 Å². The van der Waals surface area contributed by atoms with Crippen LogP contribution in [0.3, 0.4) is 0 Å². The van der Waals surface area contributed by atoms with E-state index in [1.807, 2.05) is 22.4 Å². The summed E-state index contributed by atoms with van der Waals surface area (Å²) >= 11 is 1.57. The van der Waals surface area contributed by atoms with Crippen LogP contribution in [-0.4, -0.2) is 22.3 Å². The zero-order valence-corrected chi connectivity index (χ0v) is 15.6. The zero-order valence-electron chi connectivity index (χ0n) is 14.8. The fourth-order valence-electron chi connectivity index (χ4n) is 2.68. The van der Waals surface area contributed by atoms with Crippen LogP contribution < -0.4 is 4.74 Å². The van der Waals surface area contributed by atoms with Crippen LogP contribution in [0.1, 0.15) is 34.7 Å². The standard InChI is InChI=1S/C20H24N2O2S/c1-4-10-22(20(23)16-8-9-16)11-17-13-25-19(21-17)12-24-18-7-5-6-14(2)15(18)3/h4-7,13,16H,1,8-12H2,2-3H3. The van der Waals surface area contributed by atoms with Crippen LogP contribution in [0.4, 0.5) is 0 Å². The van der Waals surface area contributed by atoms with E-state index in [1.54, 1.807) is 17.4 Å². The molecule has 4 nitrogen and oxygen atoms in total. The second kappa shape index (κ2) is 7.83. The number of hydrogen-bond acceptors (Lipinski definition) is 4. The lowest BCUT2D eigenvalue weighted by Crippen LogP contribution is -2.32. The van der Waals surface area contributed by atoms with E-state index >= 15 is 0 Å². The average molecular weight is 356 g/mol. The van der Waals surface area contributed by atoms with Crippen molar-refractivity contribution in [1.29, 1.82) is 0 Å². The number of hydrogen-bond donors (Lipinski definition) is 0. The Morgan fingerprint density at radius 3 is 2.96 bits per heavy atom. The van der Waals surface area contributed by atoms with Crippen LogP contribution in [0.2, 0.25) is 0 Å². The molecule has 0 radical (unpaired) electrons. The Morgan fingerprint density at radius 2 is 2.24 bits per heavy atom. The lowest BCUT2D eigenvalue weighted by atomic mass is 10.1. The number of carbonyl (C=O) groups is 1. The molecule has 0 unspecified atom stereocenters. The summed E-state index contributed by atoms with van der Waals surface area (Å²) in [4.78, 5) is 18.8. The number of amides is 1.